The van der Waals surface area contributed by atoms with Gasteiger partial charge in [-0.1, -0.05) is 24.3 Å². The molecule has 140 valence electrons. The molecule has 0 radical (unpaired) electrons. The molecule has 27 heavy (non-hydrogen) atoms. The maximum absolute atomic E-state index is 13.1. The Morgan fingerprint density at radius 2 is 1.78 bits per heavy atom. The van der Waals surface area contributed by atoms with Crippen LogP contribution in [0.1, 0.15) is 18.5 Å². The molecular formula is C20H21N3O3S. The molecule has 2 aromatic rings. The van der Waals surface area contributed by atoms with Crippen LogP contribution in [0.3, 0.4) is 0 Å². The van der Waals surface area contributed by atoms with Gasteiger partial charge in [0.05, 0.1) is 31.5 Å². The van der Waals surface area contributed by atoms with Gasteiger partial charge in [0.25, 0.3) is 5.91 Å². The van der Waals surface area contributed by atoms with Crippen molar-refractivity contribution in [2.45, 2.75) is 13.0 Å². The van der Waals surface area contributed by atoms with E-state index in [1.807, 2.05) is 43.3 Å². The van der Waals surface area contributed by atoms with Gasteiger partial charge in [-0.25, -0.2) is 0 Å². The van der Waals surface area contributed by atoms with Crippen LogP contribution < -0.4 is 25.4 Å². The highest BCUT2D eigenvalue weighted by atomic mass is 32.1. The van der Waals surface area contributed by atoms with E-state index < -0.39 is 0 Å². The Labute approximate surface area is 163 Å². The predicted molar refractivity (Wildman–Crippen MR) is 109 cm³/mol. The van der Waals surface area contributed by atoms with Crippen LogP contribution >= 0.6 is 12.2 Å². The number of ether oxygens (including phenoxy) is 2. The predicted octanol–water partition coefficient (Wildman–Crippen LogP) is 3.14. The molecule has 7 heteroatoms. The molecule has 2 aromatic carbocycles. The van der Waals surface area contributed by atoms with Gasteiger partial charge >= 0.3 is 0 Å². The van der Waals surface area contributed by atoms with Crippen molar-refractivity contribution in [2.75, 3.05) is 19.5 Å². The lowest BCUT2D eigenvalue weighted by Crippen LogP contribution is -2.45. The molecule has 1 heterocycles. The normalized spacial score (nSPS) is 16.3. The number of nitrogens with one attached hydrogen (secondary N) is 3. The average Bonchev–Trinajstić information content (AvgIpc) is 2.67. The number of hydrogen-bond acceptors (Lipinski definition) is 4. The molecule has 6 nitrogen and oxygen atoms in total. The third-order valence-electron chi connectivity index (χ3n) is 4.32. The number of benzene rings is 2. The van der Waals surface area contributed by atoms with Gasteiger partial charge in [0.1, 0.15) is 11.5 Å². The Hall–Kier alpha value is -3.06. The molecule has 3 N–H and O–H groups in total. The number of allylic oxidation sites excluding steroid dienone is 1. The third-order valence-corrected chi connectivity index (χ3v) is 4.54. The van der Waals surface area contributed by atoms with E-state index >= 15 is 0 Å². The minimum absolute atomic E-state index is 0.236. The van der Waals surface area contributed by atoms with Crippen LogP contribution in [0.2, 0.25) is 0 Å². The minimum atomic E-state index is -0.376. The molecule has 1 aliphatic heterocycles. The van der Waals surface area contributed by atoms with Crippen molar-refractivity contribution in [3.05, 3.63) is 65.4 Å². The van der Waals surface area contributed by atoms with Gasteiger partial charge in [0, 0.05) is 5.70 Å². The fourth-order valence-electron chi connectivity index (χ4n) is 2.98. The fraction of sp³-hybridized carbons (Fsp3) is 0.200. The zero-order valence-corrected chi connectivity index (χ0v) is 16.1. The van der Waals surface area contributed by atoms with Crippen LogP contribution in [0.15, 0.2) is 59.8 Å². The maximum Gasteiger partial charge on any atom is 0.255 e. The van der Waals surface area contributed by atoms with E-state index in [0.717, 1.165) is 11.3 Å². The lowest BCUT2D eigenvalue weighted by molar-refractivity contribution is -0.113. The van der Waals surface area contributed by atoms with Crippen molar-refractivity contribution < 1.29 is 14.3 Å². The number of rotatable bonds is 5. The van der Waals surface area contributed by atoms with Crippen molar-refractivity contribution in [2.24, 2.45) is 0 Å². The standard InChI is InChI=1S/C20H21N3O3S/c1-12-17(19(24)22-15-6-4-5-7-16(15)26-3)18(23-20(27)21-12)13-8-10-14(25-2)11-9-13/h4-11,18H,1-3H3,(H,22,24)(H2,21,23,27)/t18-/m1/s1. The van der Waals surface area contributed by atoms with E-state index in [2.05, 4.69) is 16.0 Å². The summed E-state index contributed by atoms with van der Waals surface area (Å²) in [6.07, 6.45) is 0. The fourth-order valence-corrected chi connectivity index (χ4v) is 3.25. The molecule has 0 bridgehead atoms. The average molecular weight is 383 g/mol. The molecule has 0 fully saturated rings. The van der Waals surface area contributed by atoms with Crippen molar-refractivity contribution in [1.29, 1.82) is 0 Å². The summed E-state index contributed by atoms with van der Waals surface area (Å²) in [5, 5.41) is 9.61. The third kappa shape index (κ3) is 4.03. The molecule has 0 aliphatic carbocycles. The Morgan fingerprint density at radius 3 is 2.44 bits per heavy atom. The Morgan fingerprint density at radius 1 is 1.07 bits per heavy atom. The largest absolute Gasteiger partial charge is 0.497 e. The number of carbonyl (C=O) groups excluding carboxylic acids is 1. The molecule has 3 rings (SSSR count). The first-order chi connectivity index (χ1) is 13.0. The first kappa shape index (κ1) is 18.7. The van der Waals surface area contributed by atoms with Gasteiger partial charge in [0.2, 0.25) is 0 Å². The summed E-state index contributed by atoms with van der Waals surface area (Å²) in [6.45, 7) is 1.83. The Balaban J connectivity index is 1.94. The molecule has 0 unspecified atom stereocenters. The van der Waals surface area contributed by atoms with Crippen LogP contribution in [-0.4, -0.2) is 25.2 Å². The van der Waals surface area contributed by atoms with Gasteiger partial charge in [0.15, 0.2) is 5.11 Å². The highest BCUT2D eigenvalue weighted by Crippen LogP contribution is 2.30. The summed E-state index contributed by atoms with van der Waals surface area (Å²) in [4.78, 5) is 13.1. The number of thiocarbonyl (C=S) groups is 1. The molecule has 0 saturated carbocycles. The number of methoxy groups -OCH3 is 2. The molecule has 0 aromatic heterocycles. The van der Waals surface area contributed by atoms with E-state index in [0.29, 0.717) is 27.8 Å². The van der Waals surface area contributed by atoms with Gasteiger partial charge in [-0.3, -0.25) is 4.79 Å². The van der Waals surface area contributed by atoms with Gasteiger partial charge in [-0.15, -0.1) is 0 Å². The van der Waals surface area contributed by atoms with Gasteiger partial charge < -0.3 is 25.4 Å². The second-order valence-corrected chi connectivity index (χ2v) is 6.41. The van der Waals surface area contributed by atoms with Crippen LogP contribution in [0, 0.1) is 0 Å². The summed E-state index contributed by atoms with van der Waals surface area (Å²) in [5.74, 6) is 1.11. The van der Waals surface area contributed by atoms with Crippen LogP contribution in [-0.2, 0) is 4.79 Å². The minimum Gasteiger partial charge on any atom is -0.497 e. The molecule has 1 atom stereocenters. The second kappa shape index (κ2) is 8.09. The number of carbonyl (C=O) groups is 1. The zero-order valence-electron chi connectivity index (χ0n) is 15.3. The molecule has 0 spiro atoms. The molecule has 1 amide bonds. The monoisotopic (exact) mass is 383 g/mol. The highest BCUT2D eigenvalue weighted by Gasteiger charge is 2.30. The van der Waals surface area contributed by atoms with Gasteiger partial charge in [-0.05, 0) is 49.0 Å². The summed E-state index contributed by atoms with van der Waals surface area (Å²) in [5.41, 5.74) is 2.77. The summed E-state index contributed by atoms with van der Waals surface area (Å²) in [7, 11) is 3.18. The quantitative estimate of drug-likeness (QED) is 0.689. The van der Waals surface area contributed by atoms with E-state index in [9.17, 15) is 4.79 Å². The van der Waals surface area contributed by atoms with E-state index in [-0.39, 0.29) is 11.9 Å². The Kier molecular flexibility index (Phi) is 5.61. The lowest BCUT2D eigenvalue weighted by Gasteiger charge is -2.30. The van der Waals surface area contributed by atoms with Crippen molar-refractivity contribution >= 4 is 28.9 Å². The number of amides is 1. The molecule has 1 aliphatic rings. The lowest BCUT2D eigenvalue weighted by atomic mass is 9.95. The van der Waals surface area contributed by atoms with Crippen molar-refractivity contribution in [3.8, 4) is 11.5 Å². The summed E-state index contributed by atoms with van der Waals surface area (Å²) < 4.78 is 10.5. The zero-order chi connectivity index (χ0) is 19.4. The van der Waals surface area contributed by atoms with Crippen molar-refractivity contribution in [3.63, 3.8) is 0 Å². The number of para-hydroxylation sites is 2. The molecular weight excluding hydrogens is 362 g/mol. The van der Waals surface area contributed by atoms with E-state index in [1.54, 1.807) is 26.4 Å². The number of anilines is 1. The second-order valence-electron chi connectivity index (χ2n) is 6.00. The maximum atomic E-state index is 13.1. The first-order valence-corrected chi connectivity index (χ1v) is 8.81. The summed E-state index contributed by atoms with van der Waals surface area (Å²) >= 11 is 5.28. The van der Waals surface area contributed by atoms with Crippen LogP contribution in [0.25, 0.3) is 0 Å². The first-order valence-electron chi connectivity index (χ1n) is 8.40. The van der Waals surface area contributed by atoms with E-state index in [4.69, 9.17) is 21.7 Å². The smallest absolute Gasteiger partial charge is 0.255 e. The van der Waals surface area contributed by atoms with Crippen LogP contribution in [0.5, 0.6) is 11.5 Å². The van der Waals surface area contributed by atoms with E-state index in [1.165, 1.54) is 0 Å². The highest BCUT2D eigenvalue weighted by molar-refractivity contribution is 7.80. The molecule has 0 saturated heterocycles. The Bertz CT molecular complexity index is 894. The topological polar surface area (TPSA) is 71.6 Å². The van der Waals surface area contributed by atoms with Crippen LogP contribution in [0.4, 0.5) is 5.69 Å². The summed E-state index contributed by atoms with van der Waals surface area (Å²) in [6, 6.07) is 14.4. The van der Waals surface area contributed by atoms with Gasteiger partial charge in [-0.2, -0.15) is 0 Å². The SMILES string of the molecule is COc1ccc([C@H]2NC(=S)NC(C)=C2C(=O)Nc2ccccc2OC)cc1. The number of hydrogen-bond donors (Lipinski definition) is 3. The van der Waals surface area contributed by atoms with Crippen molar-refractivity contribution in [1.82, 2.24) is 10.6 Å².